The van der Waals surface area contributed by atoms with Crippen molar-refractivity contribution in [2.24, 2.45) is 5.41 Å². The Kier molecular flexibility index (Phi) is 6.14. The normalized spacial score (nSPS) is 11.0. The molecule has 2 rings (SSSR count). The van der Waals surface area contributed by atoms with Crippen LogP contribution in [0.2, 0.25) is 0 Å². The van der Waals surface area contributed by atoms with E-state index in [-0.39, 0.29) is 18.2 Å². The number of carbonyl (C=O) groups excluding carboxylic acids is 2. The first-order chi connectivity index (χ1) is 11.8. The Bertz CT molecular complexity index is 750. The third kappa shape index (κ3) is 5.56. The molecule has 0 bridgehead atoms. The molecule has 0 saturated carbocycles. The van der Waals surface area contributed by atoms with Crippen molar-refractivity contribution in [2.75, 3.05) is 17.2 Å². The number of rotatable bonds is 6. The third-order valence-corrected chi connectivity index (χ3v) is 4.06. The van der Waals surface area contributed by atoms with Crippen molar-refractivity contribution in [1.29, 1.82) is 0 Å². The van der Waals surface area contributed by atoms with Crippen LogP contribution in [-0.4, -0.2) is 23.4 Å². The first-order valence-electron chi connectivity index (χ1n) is 8.07. The maximum absolute atomic E-state index is 12.2. The molecule has 0 atom stereocenters. The average Bonchev–Trinajstić information content (AvgIpc) is 2.95. The Morgan fingerprint density at radius 1 is 1.20 bits per heavy atom. The summed E-state index contributed by atoms with van der Waals surface area (Å²) < 4.78 is 5.49. The largest absolute Gasteiger partial charge is 0.492 e. The van der Waals surface area contributed by atoms with Crippen molar-refractivity contribution < 1.29 is 14.3 Å². The van der Waals surface area contributed by atoms with Crippen molar-refractivity contribution in [3.63, 3.8) is 0 Å². The van der Waals surface area contributed by atoms with E-state index < -0.39 is 5.41 Å². The number of anilines is 2. The molecule has 0 radical (unpaired) electrons. The van der Waals surface area contributed by atoms with E-state index in [0.717, 1.165) is 0 Å². The average molecular weight is 361 g/mol. The SMILES string of the molecule is CCOc1ccccc1NC(=O)Cc1csc(NC(=O)C(C)(C)C)n1. The molecular weight excluding hydrogens is 338 g/mol. The zero-order chi connectivity index (χ0) is 18.4. The van der Waals surface area contributed by atoms with E-state index in [1.807, 2.05) is 45.9 Å². The predicted octanol–water partition coefficient (Wildman–Crippen LogP) is 3.71. The Hall–Kier alpha value is -2.41. The Balaban J connectivity index is 1.97. The number of para-hydroxylation sites is 2. The molecule has 1 aromatic heterocycles. The van der Waals surface area contributed by atoms with E-state index in [1.165, 1.54) is 11.3 Å². The van der Waals surface area contributed by atoms with E-state index in [1.54, 1.807) is 11.4 Å². The summed E-state index contributed by atoms with van der Waals surface area (Å²) in [6.45, 7) is 7.91. The minimum absolute atomic E-state index is 0.108. The molecule has 1 heterocycles. The van der Waals surface area contributed by atoms with Crippen LogP contribution in [0.5, 0.6) is 5.75 Å². The Morgan fingerprint density at radius 2 is 1.92 bits per heavy atom. The summed E-state index contributed by atoms with van der Waals surface area (Å²) in [5.41, 5.74) is 0.748. The van der Waals surface area contributed by atoms with E-state index in [4.69, 9.17) is 4.74 Å². The van der Waals surface area contributed by atoms with Crippen LogP contribution in [0.1, 0.15) is 33.4 Å². The van der Waals surface area contributed by atoms with Crippen LogP contribution in [0.15, 0.2) is 29.6 Å². The van der Waals surface area contributed by atoms with Crippen LogP contribution in [0.25, 0.3) is 0 Å². The quantitative estimate of drug-likeness (QED) is 0.822. The minimum Gasteiger partial charge on any atom is -0.492 e. The third-order valence-electron chi connectivity index (χ3n) is 3.26. The number of ether oxygens (including phenoxy) is 1. The fourth-order valence-electron chi connectivity index (χ4n) is 1.94. The van der Waals surface area contributed by atoms with Gasteiger partial charge < -0.3 is 15.4 Å². The van der Waals surface area contributed by atoms with Crippen LogP contribution in [0.4, 0.5) is 10.8 Å². The summed E-state index contributed by atoms with van der Waals surface area (Å²) in [4.78, 5) is 28.5. The summed E-state index contributed by atoms with van der Waals surface area (Å²) >= 11 is 1.31. The molecule has 7 heteroatoms. The van der Waals surface area contributed by atoms with E-state index in [2.05, 4.69) is 15.6 Å². The van der Waals surface area contributed by atoms with Gasteiger partial charge in [0.25, 0.3) is 0 Å². The molecule has 0 unspecified atom stereocenters. The van der Waals surface area contributed by atoms with Gasteiger partial charge in [-0.25, -0.2) is 4.98 Å². The molecule has 134 valence electrons. The molecule has 1 aromatic carbocycles. The van der Waals surface area contributed by atoms with Gasteiger partial charge in [0.2, 0.25) is 11.8 Å². The standard InChI is InChI=1S/C18H23N3O3S/c1-5-24-14-9-7-6-8-13(14)20-15(22)10-12-11-25-17(19-12)21-16(23)18(2,3)4/h6-9,11H,5,10H2,1-4H3,(H,20,22)(H,19,21,23). The maximum Gasteiger partial charge on any atom is 0.231 e. The molecule has 2 aromatic rings. The van der Waals surface area contributed by atoms with Crippen LogP contribution < -0.4 is 15.4 Å². The van der Waals surface area contributed by atoms with Crippen molar-refractivity contribution in [3.8, 4) is 5.75 Å². The highest BCUT2D eigenvalue weighted by atomic mass is 32.1. The molecular formula is C18H23N3O3S. The van der Waals surface area contributed by atoms with Gasteiger partial charge in [0.05, 0.1) is 24.4 Å². The number of aromatic nitrogens is 1. The lowest BCUT2D eigenvalue weighted by Crippen LogP contribution is -2.27. The highest BCUT2D eigenvalue weighted by Gasteiger charge is 2.22. The Morgan fingerprint density at radius 3 is 2.60 bits per heavy atom. The molecule has 0 aliphatic heterocycles. The minimum atomic E-state index is -0.494. The molecule has 6 nitrogen and oxygen atoms in total. The number of benzene rings is 1. The van der Waals surface area contributed by atoms with Crippen LogP contribution in [0, 0.1) is 5.41 Å². The van der Waals surface area contributed by atoms with Gasteiger partial charge >= 0.3 is 0 Å². The number of amides is 2. The van der Waals surface area contributed by atoms with Crippen LogP contribution >= 0.6 is 11.3 Å². The van der Waals surface area contributed by atoms with Crippen LogP contribution in [0.3, 0.4) is 0 Å². The van der Waals surface area contributed by atoms with E-state index >= 15 is 0 Å². The Labute approximate surface area is 151 Å². The fourth-order valence-corrected chi connectivity index (χ4v) is 2.65. The van der Waals surface area contributed by atoms with Gasteiger partial charge in [0.1, 0.15) is 5.75 Å². The summed E-state index contributed by atoms with van der Waals surface area (Å²) in [7, 11) is 0. The molecule has 0 aliphatic carbocycles. The lowest BCUT2D eigenvalue weighted by atomic mass is 9.96. The first-order valence-corrected chi connectivity index (χ1v) is 8.95. The lowest BCUT2D eigenvalue weighted by Gasteiger charge is -2.15. The second kappa shape index (κ2) is 8.11. The topological polar surface area (TPSA) is 80.3 Å². The zero-order valence-electron chi connectivity index (χ0n) is 14.9. The van der Waals surface area contributed by atoms with Crippen LogP contribution in [-0.2, 0) is 16.0 Å². The van der Waals surface area contributed by atoms with Crippen molar-refractivity contribution in [1.82, 2.24) is 4.98 Å². The highest BCUT2D eigenvalue weighted by Crippen LogP contribution is 2.24. The first kappa shape index (κ1) is 18.9. The van der Waals surface area contributed by atoms with Gasteiger partial charge in [-0.3, -0.25) is 9.59 Å². The lowest BCUT2D eigenvalue weighted by molar-refractivity contribution is -0.123. The van der Waals surface area contributed by atoms with Gasteiger partial charge in [-0.1, -0.05) is 32.9 Å². The highest BCUT2D eigenvalue weighted by molar-refractivity contribution is 7.13. The smallest absolute Gasteiger partial charge is 0.231 e. The molecule has 0 aliphatic rings. The number of nitrogens with one attached hydrogen (secondary N) is 2. The molecule has 0 fully saturated rings. The summed E-state index contributed by atoms with van der Waals surface area (Å²) in [6, 6.07) is 7.29. The molecule has 0 saturated heterocycles. The summed E-state index contributed by atoms with van der Waals surface area (Å²) in [5, 5.41) is 7.87. The van der Waals surface area contributed by atoms with E-state index in [9.17, 15) is 9.59 Å². The number of hydrogen-bond acceptors (Lipinski definition) is 5. The van der Waals surface area contributed by atoms with Gasteiger partial charge in [0, 0.05) is 10.8 Å². The molecule has 0 spiro atoms. The number of hydrogen-bond donors (Lipinski definition) is 2. The van der Waals surface area contributed by atoms with Gasteiger partial charge in [-0.15, -0.1) is 11.3 Å². The summed E-state index contributed by atoms with van der Waals surface area (Å²) in [6.07, 6.45) is 0.127. The van der Waals surface area contributed by atoms with E-state index in [0.29, 0.717) is 28.9 Å². The number of nitrogens with zero attached hydrogens (tertiary/aromatic N) is 1. The number of thiazole rings is 1. The van der Waals surface area contributed by atoms with Crippen molar-refractivity contribution in [2.45, 2.75) is 34.1 Å². The maximum atomic E-state index is 12.2. The second-order valence-electron chi connectivity index (χ2n) is 6.50. The second-order valence-corrected chi connectivity index (χ2v) is 7.36. The fraction of sp³-hybridized carbons (Fsp3) is 0.389. The monoisotopic (exact) mass is 361 g/mol. The number of carbonyl (C=O) groups is 2. The van der Waals surface area contributed by atoms with Crippen molar-refractivity contribution in [3.05, 3.63) is 35.3 Å². The molecule has 25 heavy (non-hydrogen) atoms. The van der Waals surface area contributed by atoms with Crippen molar-refractivity contribution >= 4 is 34.0 Å². The zero-order valence-corrected chi connectivity index (χ0v) is 15.7. The predicted molar refractivity (Wildman–Crippen MR) is 100 cm³/mol. The molecule has 2 amide bonds. The molecule has 2 N–H and O–H groups in total. The summed E-state index contributed by atoms with van der Waals surface area (Å²) in [5.74, 6) is 0.337. The van der Waals surface area contributed by atoms with Gasteiger partial charge in [-0.2, -0.15) is 0 Å². The van der Waals surface area contributed by atoms with Gasteiger partial charge in [-0.05, 0) is 19.1 Å². The van der Waals surface area contributed by atoms with Gasteiger partial charge in [0.15, 0.2) is 5.13 Å².